The van der Waals surface area contributed by atoms with Gasteiger partial charge in [0.2, 0.25) is 0 Å². The van der Waals surface area contributed by atoms with Crippen LogP contribution in [0.2, 0.25) is 0 Å². The summed E-state index contributed by atoms with van der Waals surface area (Å²) in [6, 6.07) is 14.8. The van der Waals surface area contributed by atoms with Crippen molar-refractivity contribution in [2.75, 3.05) is 17.7 Å². The number of hydrogen-bond acceptors (Lipinski definition) is 4. The number of benzene rings is 2. The van der Waals surface area contributed by atoms with E-state index < -0.39 is 9.84 Å². The Morgan fingerprint density at radius 1 is 1.05 bits per heavy atom. The predicted octanol–water partition coefficient (Wildman–Crippen LogP) is 2.71. The summed E-state index contributed by atoms with van der Waals surface area (Å²) in [5.41, 5.74) is 8.24. The zero-order valence-electron chi connectivity index (χ0n) is 12.3. The Morgan fingerprint density at radius 2 is 1.67 bits per heavy atom. The molecular weight excluding hydrogens is 284 g/mol. The van der Waals surface area contributed by atoms with Crippen LogP contribution in [0.25, 0.3) is 0 Å². The van der Waals surface area contributed by atoms with E-state index in [2.05, 4.69) is 0 Å². The Morgan fingerprint density at radius 3 is 2.24 bits per heavy atom. The fourth-order valence-electron chi connectivity index (χ4n) is 2.15. The topological polar surface area (TPSA) is 63.4 Å². The molecule has 0 saturated heterocycles. The molecule has 0 saturated carbocycles. The van der Waals surface area contributed by atoms with Gasteiger partial charge in [0, 0.05) is 19.3 Å². The van der Waals surface area contributed by atoms with Gasteiger partial charge in [0.25, 0.3) is 0 Å². The predicted molar refractivity (Wildman–Crippen MR) is 86.6 cm³/mol. The zero-order chi connectivity index (χ0) is 15.5. The third kappa shape index (κ3) is 3.25. The molecule has 0 fully saturated rings. The van der Waals surface area contributed by atoms with Crippen molar-refractivity contribution < 1.29 is 8.42 Å². The summed E-state index contributed by atoms with van der Waals surface area (Å²) in [6.45, 7) is 2.15. The van der Waals surface area contributed by atoms with Crippen LogP contribution in [0, 0.1) is 0 Å². The van der Waals surface area contributed by atoms with Gasteiger partial charge in [-0.15, -0.1) is 0 Å². The second-order valence-electron chi connectivity index (χ2n) is 4.80. The lowest BCUT2D eigenvalue weighted by Gasteiger charge is -2.22. The average Bonchev–Trinajstić information content (AvgIpc) is 2.54. The summed E-state index contributed by atoms with van der Waals surface area (Å²) in [4.78, 5) is 2.24. The first-order chi connectivity index (χ1) is 9.99. The fraction of sp³-hybridized carbons (Fsp3) is 0.250. The van der Waals surface area contributed by atoms with Crippen LogP contribution < -0.4 is 10.6 Å². The highest BCUT2D eigenvalue weighted by Gasteiger charge is 2.18. The Balaban J connectivity index is 2.46. The molecule has 21 heavy (non-hydrogen) atoms. The Bertz CT molecular complexity index is 709. The summed E-state index contributed by atoms with van der Waals surface area (Å²) in [6.07, 6.45) is 0. The highest BCUT2D eigenvalue weighted by Crippen LogP contribution is 2.30. The number of anilines is 2. The highest BCUT2D eigenvalue weighted by molar-refractivity contribution is 7.91. The molecule has 0 unspecified atom stereocenters. The Kier molecular flexibility index (Phi) is 4.65. The molecule has 5 heteroatoms. The third-order valence-electron chi connectivity index (χ3n) is 3.50. The lowest BCUT2D eigenvalue weighted by molar-refractivity contribution is 0.597. The smallest absolute Gasteiger partial charge is 0.180 e. The standard InChI is InChI=1S/C16H20N2O2S/c1-3-21(19,20)16-7-5-4-6-15(16)18(2)14-10-8-13(12-17)9-11-14/h4-11H,3,12,17H2,1-2H3. The largest absolute Gasteiger partial charge is 0.344 e. The van der Waals surface area contributed by atoms with Crippen molar-refractivity contribution in [2.24, 2.45) is 5.73 Å². The molecule has 2 aromatic rings. The molecule has 0 atom stereocenters. The van der Waals surface area contributed by atoms with Gasteiger partial charge in [0.1, 0.15) is 0 Å². The molecule has 0 aliphatic heterocycles. The number of rotatable bonds is 5. The van der Waals surface area contributed by atoms with Gasteiger partial charge in [0.15, 0.2) is 9.84 Å². The Hall–Kier alpha value is -1.85. The van der Waals surface area contributed by atoms with Gasteiger partial charge in [-0.2, -0.15) is 0 Å². The SMILES string of the molecule is CCS(=O)(=O)c1ccccc1N(C)c1ccc(CN)cc1. The van der Waals surface area contributed by atoms with Crippen molar-refractivity contribution >= 4 is 21.2 Å². The van der Waals surface area contributed by atoms with Crippen molar-refractivity contribution in [3.05, 3.63) is 54.1 Å². The second kappa shape index (κ2) is 6.28. The van der Waals surface area contributed by atoms with E-state index in [0.717, 1.165) is 11.3 Å². The van der Waals surface area contributed by atoms with Gasteiger partial charge in [-0.25, -0.2) is 8.42 Å². The molecule has 2 rings (SSSR count). The van der Waals surface area contributed by atoms with E-state index in [-0.39, 0.29) is 5.75 Å². The Labute approximate surface area is 126 Å². The lowest BCUT2D eigenvalue weighted by atomic mass is 10.2. The van der Waals surface area contributed by atoms with Crippen molar-refractivity contribution in [3.8, 4) is 0 Å². The summed E-state index contributed by atoms with van der Waals surface area (Å²) >= 11 is 0. The maximum Gasteiger partial charge on any atom is 0.180 e. The summed E-state index contributed by atoms with van der Waals surface area (Å²) in [5.74, 6) is 0.0873. The van der Waals surface area contributed by atoms with Crippen LogP contribution in [0.15, 0.2) is 53.4 Å². The molecule has 0 heterocycles. The molecule has 0 aliphatic carbocycles. The van der Waals surface area contributed by atoms with Gasteiger partial charge in [-0.3, -0.25) is 0 Å². The van der Waals surface area contributed by atoms with Crippen molar-refractivity contribution in [1.29, 1.82) is 0 Å². The molecule has 2 aromatic carbocycles. The summed E-state index contributed by atoms with van der Waals surface area (Å²) < 4.78 is 24.4. The van der Waals surface area contributed by atoms with Crippen LogP contribution in [0.4, 0.5) is 11.4 Å². The quantitative estimate of drug-likeness (QED) is 0.922. The lowest BCUT2D eigenvalue weighted by Crippen LogP contribution is -2.15. The van der Waals surface area contributed by atoms with Gasteiger partial charge < -0.3 is 10.6 Å². The van der Waals surface area contributed by atoms with E-state index in [9.17, 15) is 8.42 Å². The summed E-state index contributed by atoms with van der Waals surface area (Å²) in [7, 11) is -1.39. The molecule has 0 radical (unpaired) electrons. The number of sulfone groups is 1. The van der Waals surface area contributed by atoms with E-state index >= 15 is 0 Å². The first kappa shape index (κ1) is 15.5. The maximum atomic E-state index is 12.2. The molecule has 0 aliphatic rings. The van der Waals surface area contributed by atoms with Crippen molar-refractivity contribution in [2.45, 2.75) is 18.4 Å². The van der Waals surface area contributed by atoms with Gasteiger partial charge in [-0.05, 0) is 29.8 Å². The molecule has 4 nitrogen and oxygen atoms in total. The maximum absolute atomic E-state index is 12.2. The van der Waals surface area contributed by atoms with Crippen LogP contribution in [-0.2, 0) is 16.4 Å². The first-order valence-electron chi connectivity index (χ1n) is 6.84. The minimum Gasteiger partial charge on any atom is -0.344 e. The van der Waals surface area contributed by atoms with Crippen LogP contribution in [-0.4, -0.2) is 21.2 Å². The molecule has 0 aromatic heterocycles. The molecule has 0 spiro atoms. The highest BCUT2D eigenvalue weighted by atomic mass is 32.2. The van der Waals surface area contributed by atoms with E-state index in [1.807, 2.05) is 48.3 Å². The third-order valence-corrected chi connectivity index (χ3v) is 5.28. The van der Waals surface area contributed by atoms with Gasteiger partial charge >= 0.3 is 0 Å². The minimum absolute atomic E-state index is 0.0873. The van der Waals surface area contributed by atoms with Crippen LogP contribution in [0.1, 0.15) is 12.5 Å². The summed E-state index contributed by atoms with van der Waals surface area (Å²) in [5, 5.41) is 0. The fourth-order valence-corrected chi connectivity index (χ4v) is 3.27. The van der Waals surface area contributed by atoms with Crippen LogP contribution >= 0.6 is 0 Å². The van der Waals surface area contributed by atoms with Gasteiger partial charge in [0.05, 0.1) is 16.3 Å². The van der Waals surface area contributed by atoms with Crippen LogP contribution in [0.3, 0.4) is 0 Å². The molecule has 0 amide bonds. The zero-order valence-corrected chi connectivity index (χ0v) is 13.1. The molecule has 0 bridgehead atoms. The molecular formula is C16H20N2O2S. The van der Waals surface area contributed by atoms with E-state index in [0.29, 0.717) is 17.1 Å². The monoisotopic (exact) mass is 304 g/mol. The van der Waals surface area contributed by atoms with E-state index in [4.69, 9.17) is 5.73 Å². The van der Waals surface area contributed by atoms with Crippen molar-refractivity contribution in [1.82, 2.24) is 0 Å². The number of nitrogens with zero attached hydrogens (tertiary/aromatic N) is 1. The van der Waals surface area contributed by atoms with E-state index in [1.54, 1.807) is 19.1 Å². The minimum atomic E-state index is -3.26. The number of nitrogens with two attached hydrogens (primary N) is 1. The van der Waals surface area contributed by atoms with Crippen molar-refractivity contribution in [3.63, 3.8) is 0 Å². The normalized spacial score (nSPS) is 11.4. The second-order valence-corrected chi connectivity index (χ2v) is 7.05. The van der Waals surface area contributed by atoms with Gasteiger partial charge in [-0.1, -0.05) is 31.2 Å². The number of para-hydroxylation sites is 1. The van der Waals surface area contributed by atoms with E-state index in [1.165, 1.54) is 0 Å². The number of hydrogen-bond donors (Lipinski definition) is 1. The average molecular weight is 304 g/mol. The molecule has 2 N–H and O–H groups in total. The van der Waals surface area contributed by atoms with Crippen LogP contribution in [0.5, 0.6) is 0 Å². The first-order valence-corrected chi connectivity index (χ1v) is 8.49. The molecule has 112 valence electrons.